The van der Waals surface area contributed by atoms with Gasteiger partial charge in [0.1, 0.15) is 17.3 Å². The molecule has 0 unspecified atom stereocenters. The fourth-order valence-electron chi connectivity index (χ4n) is 3.39. The SMILES string of the molecule is COc1ccc(-c2c[nH]n3c(=O)cc(Cc4ccc(F)cc4C)nc23)c(OC)c1. The molecule has 0 spiro atoms. The molecule has 0 fully saturated rings. The van der Waals surface area contributed by atoms with Gasteiger partial charge in [-0.2, -0.15) is 0 Å². The van der Waals surface area contributed by atoms with Crippen LogP contribution in [0, 0.1) is 12.7 Å². The average molecular weight is 393 g/mol. The number of hydrogen-bond acceptors (Lipinski definition) is 4. The number of aryl methyl sites for hydroxylation is 1. The summed E-state index contributed by atoms with van der Waals surface area (Å²) in [5.74, 6) is 0.997. The Morgan fingerprint density at radius 2 is 1.90 bits per heavy atom. The first-order chi connectivity index (χ1) is 14.0. The fourth-order valence-corrected chi connectivity index (χ4v) is 3.39. The lowest BCUT2D eigenvalue weighted by Crippen LogP contribution is -2.16. The number of hydrogen-bond donors (Lipinski definition) is 1. The number of aromatic amines is 1. The van der Waals surface area contributed by atoms with Gasteiger partial charge in [0.15, 0.2) is 5.65 Å². The van der Waals surface area contributed by atoms with Crippen LogP contribution >= 0.6 is 0 Å². The molecule has 148 valence electrons. The van der Waals surface area contributed by atoms with Gasteiger partial charge < -0.3 is 9.47 Å². The molecule has 1 N–H and O–H groups in total. The van der Waals surface area contributed by atoms with E-state index in [-0.39, 0.29) is 11.4 Å². The third-order valence-corrected chi connectivity index (χ3v) is 4.93. The van der Waals surface area contributed by atoms with Crippen molar-refractivity contribution in [2.24, 2.45) is 0 Å². The predicted molar refractivity (Wildman–Crippen MR) is 108 cm³/mol. The topological polar surface area (TPSA) is 68.6 Å². The minimum absolute atomic E-state index is 0.219. The maximum absolute atomic E-state index is 13.4. The van der Waals surface area contributed by atoms with Crippen LogP contribution in [0.4, 0.5) is 4.39 Å². The van der Waals surface area contributed by atoms with Gasteiger partial charge in [-0.1, -0.05) is 6.07 Å². The van der Waals surface area contributed by atoms with Crippen LogP contribution in [0.5, 0.6) is 11.5 Å². The van der Waals surface area contributed by atoms with Crippen molar-refractivity contribution in [1.82, 2.24) is 14.6 Å². The minimum atomic E-state index is -0.283. The molecule has 7 heteroatoms. The highest BCUT2D eigenvalue weighted by Crippen LogP contribution is 2.34. The standard InChI is InChI=1S/C22H20FN3O3/c1-13-8-15(23)5-4-14(13)9-16-10-21(27)26-22(25-16)19(12-24-26)18-7-6-17(28-2)11-20(18)29-3/h4-8,10-12,24H,9H2,1-3H3. The van der Waals surface area contributed by atoms with Crippen molar-refractivity contribution in [3.8, 4) is 22.6 Å². The third kappa shape index (κ3) is 3.47. The molecule has 0 radical (unpaired) electrons. The van der Waals surface area contributed by atoms with Crippen LogP contribution in [0.25, 0.3) is 16.8 Å². The number of halogens is 1. The molecule has 0 bridgehead atoms. The van der Waals surface area contributed by atoms with Gasteiger partial charge in [-0.15, -0.1) is 0 Å². The van der Waals surface area contributed by atoms with Crippen molar-refractivity contribution >= 4 is 5.65 Å². The van der Waals surface area contributed by atoms with Gasteiger partial charge in [0, 0.05) is 35.9 Å². The summed E-state index contributed by atoms with van der Waals surface area (Å²) in [4.78, 5) is 17.3. The van der Waals surface area contributed by atoms with Gasteiger partial charge in [0.25, 0.3) is 5.56 Å². The highest BCUT2D eigenvalue weighted by molar-refractivity contribution is 5.81. The van der Waals surface area contributed by atoms with E-state index in [4.69, 9.17) is 14.5 Å². The number of methoxy groups -OCH3 is 2. The van der Waals surface area contributed by atoms with E-state index in [0.29, 0.717) is 29.3 Å². The number of H-pyrrole nitrogens is 1. The molecule has 0 aliphatic heterocycles. The highest BCUT2D eigenvalue weighted by atomic mass is 19.1. The molecular formula is C22H20FN3O3. The third-order valence-electron chi connectivity index (χ3n) is 4.93. The Bertz CT molecular complexity index is 1260. The van der Waals surface area contributed by atoms with E-state index in [1.807, 2.05) is 19.1 Å². The van der Waals surface area contributed by atoms with Crippen molar-refractivity contribution in [3.05, 3.63) is 81.7 Å². The summed E-state index contributed by atoms with van der Waals surface area (Å²) >= 11 is 0. The Kier molecular flexibility index (Phi) is 4.80. The Balaban J connectivity index is 1.83. The number of rotatable bonds is 5. The molecule has 0 saturated heterocycles. The zero-order valence-electron chi connectivity index (χ0n) is 16.3. The number of aromatic nitrogens is 3. The maximum Gasteiger partial charge on any atom is 0.272 e. The lowest BCUT2D eigenvalue weighted by Gasteiger charge is -2.10. The van der Waals surface area contributed by atoms with Gasteiger partial charge in [0.05, 0.1) is 19.9 Å². The Hall–Kier alpha value is -3.61. The molecule has 0 aliphatic rings. The molecule has 0 aliphatic carbocycles. The molecule has 29 heavy (non-hydrogen) atoms. The van der Waals surface area contributed by atoms with Gasteiger partial charge >= 0.3 is 0 Å². The smallest absolute Gasteiger partial charge is 0.272 e. The van der Waals surface area contributed by atoms with Crippen LogP contribution in [0.15, 0.2) is 53.5 Å². The fraction of sp³-hybridized carbons (Fsp3) is 0.182. The molecule has 0 atom stereocenters. The van der Waals surface area contributed by atoms with Crippen LogP contribution in [0.3, 0.4) is 0 Å². The minimum Gasteiger partial charge on any atom is -0.497 e. The molecular weight excluding hydrogens is 373 g/mol. The molecule has 4 aromatic rings. The molecule has 0 saturated carbocycles. The summed E-state index contributed by atoms with van der Waals surface area (Å²) in [6, 6.07) is 11.6. The van der Waals surface area contributed by atoms with E-state index in [0.717, 1.165) is 22.3 Å². The summed E-state index contributed by atoms with van der Waals surface area (Å²) in [5.41, 5.74) is 4.14. The van der Waals surface area contributed by atoms with Gasteiger partial charge in [-0.05, 0) is 42.3 Å². The van der Waals surface area contributed by atoms with E-state index in [9.17, 15) is 9.18 Å². The monoisotopic (exact) mass is 393 g/mol. The van der Waals surface area contributed by atoms with Gasteiger partial charge in [0.2, 0.25) is 0 Å². The Morgan fingerprint density at radius 3 is 2.62 bits per heavy atom. The summed E-state index contributed by atoms with van der Waals surface area (Å²) in [7, 11) is 3.17. The summed E-state index contributed by atoms with van der Waals surface area (Å²) < 4.78 is 25.5. The average Bonchev–Trinajstić information content (AvgIpc) is 3.14. The number of benzene rings is 2. The molecule has 6 nitrogen and oxygen atoms in total. The van der Waals surface area contributed by atoms with E-state index in [2.05, 4.69) is 5.10 Å². The zero-order chi connectivity index (χ0) is 20.5. The van der Waals surface area contributed by atoms with Crippen molar-refractivity contribution in [2.45, 2.75) is 13.3 Å². The number of fused-ring (bicyclic) bond motifs is 1. The quantitative estimate of drug-likeness (QED) is 0.561. The Labute approximate surface area is 166 Å². The first kappa shape index (κ1) is 18.7. The number of ether oxygens (including phenoxy) is 2. The summed E-state index contributed by atoms with van der Waals surface area (Å²) in [5, 5.41) is 2.95. The highest BCUT2D eigenvalue weighted by Gasteiger charge is 2.16. The first-order valence-corrected chi connectivity index (χ1v) is 9.07. The van der Waals surface area contributed by atoms with Crippen LogP contribution in [0.1, 0.15) is 16.8 Å². The molecule has 4 rings (SSSR count). The molecule has 0 amide bonds. The number of nitrogens with one attached hydrogen (secondary N) is 1. The van der Waals surface area contributed by atoms with Crippen molar-refractivity contribution in [2.75, 3.05) is 14.2 Å². The lowest BCUT2D eigenvalue weighted by molar-refractivity contribution is 0.395. The zero-order valence-corrected chi connectivity index (χ0v) is 16.3. The lowest BCUT2D eigenvalue weighted by atomic mass is 10.0. The maximum atomic E-state index is 13.4. The second-order valence-electron chi connectivity index (χ2n) is 6.75. The largest absolute Gasteiger partial charge is 0.497 e. The van der Waals surface area contributed by atoms with Crippen molar-refractivity contribution in [1.29, 1.82) is 0 Å². The van der Waals surface area contributed by atoms with E-state index >= 15 is 0 Å². The van der Waals surface area contributed by atoms with Crippen LogP contribution in [0.2, 0.25) is 0 Å². The molecule has 2 aromatic carbocycles. The van der Waals surface area contributed by atoms with Crippen molar-refractivity contribution < 1.29 is 13.9 Å². The van der Waals surface area contributed by atoms with Gasteiger partial charge in [-0.3, -0.25) is 9.89 Å². The molecule has 2 aromatic heterocycles. The summed E-state index contributed by atoms with van der Waals surface area (Å²) in [6.45, 7) is 1.84. The second-order valence-corrected chi connectivity index (χ2v) is 6.75. The van der Waals surface area contributed by atoms with E-state index in [1.54, 1.807) is 32.5 Å². The predicted octanol–water partition coefficient (Wildman–Crippen LogP) is 3.75. The van der Waals surface area contributed by atoms with E-state index in [1.165, 1.54) is 22.7 Å². The number of nitrogens with zero attached hydrogens (tertiary/aromatic N) is 2. The molecule has 2 heterocycles. The van der Waals surface area contributed by atoms with Crippen LogP contribution < -0.4 is 15.0 Å². The van der Waals surface area contributed by atoms with E-state index < -0.39 is 0 Å². The normalized spacial score (nSPS) is 11.0. The first-order valence-electron chi connectivity index (χ1n) is 9.07. The Morgan fingerprint density at radius 1 is 1.07 bits per heavy atom. The van der Waals surface area contributed by atoms with Gasteiger partial charge in [-0.25, -0.2) is 13.9 Å². The summed E-state index contributed by atoms with van der Waals surface area (Å²) in [6.07, 6.45) is 2.16. The van der Waals surface area contributed by atoms with Crippen LogP contribution in [-0.2, 0) is 6.42 Å². The van der Waals surface area contributed by atoms with Crippen LogP contribution in [-0.4, -0.2) is 28.8 Å². The van der Waals surface area contributed by atoms with Crippen molar-refractivity contribution in [3.63, 3.8) is 0 Å². The second kappa shape index (κ2) is 7.43.